The zero-order valence-electron chi connectivity index (χ0n) is 11.1. The number of ether oxygens (including phenoxy) is 1. The number of nitrogens with one attached hydrogen (secondary N) is 1. The summed E-state index contributed by atoms with van der Waals surface area (Å²) >= 11 is 0. The van der Waals surface area contributed by atoms with Gasteiger partial charge in [-0.3, -0.25) is 0 Å². The van der Waals surface area contributed by atoms with Gasteiger partial charge in [-0.2, -0.15) is 4.98 Å². The third-order valence-corrected chi connectivity index (χ3v) is 2.31. The van der Waals surface area contributed by atoms with Crippen molar-refractivity contribution in [2.24, 2.45) is 0 Å². The summed E-state index contributed by atoms with van der Waals surface area (Å²) in [7, 11) is 4.14. The Hall–Kier alpha value is -1.36. The lowest BCUT2D eigenvalue weighted by molar-refractivity contribution is 0.326. The smallest absolute Gasteiger partial charge is 0.226 e. The van der Waals surface area contributed by atoms with Crippen LogP contribution >= 0.6 is 0 Å². The van der Waals surface area contributed by atoms with Crippen LogP contribution in [0.3, 0.4) is 0 Å². The van der Waals surface area contributed by atoms with Crippen LogP contribution in [0.2, 0.25) is 0 Å². The first kappa shape index (κ1) is 13.7. The van der Waals surface area contributed by atoms with Crippen molar-refractivity contribution < 1.29 is 4.74 Å². The van der Waals surface area contributed by atoms with Gasteiger partial charge in [0.25, 0.3) is 0 Å². The number of rotatable bonds is 7. The first-order valence-corrected chi connectivity index (χ1v) is 5.99. The Morgan fingerprint density at radius 3 is 2.88 bits per heavy atom. The van der Waals surface area contributed by atoms with Gasteiger partial charge in [0.2, 0.25) is 11.8 Å². The van der Waals surface area contributed by atoms with Gasteiger partial charge in [-0.1, -0.05) is 0 Å². The molecule has 0 spiro atoms. The molecule has 1 atom stereocenters. The van der Waals surface area contributed by atoms with Crippen molar-refractivity contribution >= 4 is 5.95 Å². The fourth-order valence-corrected chi connectivity index (χ4v) is 1.38. The van der Waals surface area contributed by atoms with E-state index in [1.165, 1.54) is 0 Å². The van der Waals surface area contributed by atoms with E-state index in [1.54, 1.807) is 12.3 Å². The van der Waals surface area contributed by atoms with Crippen LogP contribution in [-0.2, 0) is 0 Å². The molecule has 17 heavy (non-hydrogen) atoms. The molecular formula is C12H22N4O. The molecule has 0 aromatic carbocycles. The van der Waals surface area contributed by atoms with Gasteiger partial charge in [0.05, 0.1) is 6.61 Å². The SMILES string of the molecule is CCOc1ccnc(NC(C)CCN(C)C)n1. The van der Waals surface area contributed by atoms with Gasteiger partial charge in [-0.15, -0.1) is 0 Å². The van der Waals surface area contributed by atoms with E-state index in [-0.39, 0.29) is 0 Å². The summed E-state index contributed by atoms with van der Waals surface area (Å²) in [5.41, 5.74) is 0. The van der Waals surface area contributed by atoms with E-state index >= 15 is 0 Å². The van der Waals surface area contributed by atoms with E-state index in [1.807, 2.05) is 6.92 Å². The fraction of sp³-hybridized carbons (Fsp3) is 0.667. The molecule has 0 aliphatic carbocycles. The molecule has 0 bridgehead atoms. The van der Waals surface area contributed by atoms with Crippen molar-refractivity contribution in [2.45, 2.75) is 26.3 Å². The van der Waals surface area contributed by atoms with Crippen molar-refractivity contribution in [3.05, 3.63) is 12.3 Å². The van der Waals surface area contributed by atoms with Crippen LogP contribution in [-0.4, -0.2) is 48.2 Å². The molecule has 0 fully saturated rings. The highest BCUT2D eigenvalue weighted by Gasteiger charge is 2.05. The lowest BCUT2D eigenvalue weighted by Gasteiger charge is -2.16. The van der Waals surface area contributed by atoms with E-state index in [0.717, 1.165) is 13.0 Å². The van der Waals surface area contributed by atoms with Gasteiger partial charge >= 0.3 is 0 Å². The lowest BCUT2D eigenvalue weighted by atomic mass is 10.2. The summed E-state index contributed by atoms with van der Waals surface area (Å²) in [4.78, 5) is 10.6. The summed E-state index contributed by atoms with van der Waals surface area (Å²) in [6.07, 6.45) is 2.76. The number of nitrogens with zero attached hydrogens (tertiary/aromatic N) is 3. The van der Waals surface area contributed by atoms with Crippen LogP contribution in [0.15, 0.2) is 12.3 Å². The second-order valence-corrected chi connectivity index (χ2v) is 4.29. The van der Waals surface area contributed by atoms with E-state index in [0.29, 0.717) is 24.5 Å². The summed E-state index contributed by atoms with van der Waals surface area (Å²) in [6.45, 7) is 5.72. The normalized spacial score (nSPS) is 12.5. The predicted octanol–water partition coefficient (Wildman–Crippen LogP) is 1.63. The zero-order valence-corrected chi connectivity index (χ0v) is 11.1. The molecule has 0 saturated heterocycles. The van der Waals surface area contributed by atoms with Crippen LogP contribution in [0.4, 0.5) is 5.95 Å². The van der Waals surface area contributed by atoms with E-state index in [9.17, 15) is 0 Å². The van der Waals surface area contributed by atoms with Crippen LogP contribution in [0.1, 0.15) is 20.3 Å². The van der Waals surface area contributed by atoms with Crippen molar-refractivity contribution in [3.8, 4) is 5.88 Å². The molecule has 5 heteroatoms. The van der Waals surface area contributed by atoms with Gasteiger partial charge in [0.15, 0.2) is 0 Å². The van der Waals surface area contributed by atoms with Gasteiger partial charge in [-0.05, 0) is 40.9 Å². The number of anilines is 1. The Balaban J connectivity index is 2.46. The third-order valence-electron chi connectivity index (χ3n) is 2.31. The Morgan fingerprint density at radius 1 is 1.47 bits per heavy atom. The Kier molecular flexibility index (Phi) is 5.69. The largest absolute Gasteiger partial charge is 0.478 e. The second kappa shape index (κ2) is 7.06. The van der Waals surface area contributed by atoms with Gasteiger partial charge in [0, 0.05) is 18.3 Å². The maximum absolute atomic E-state index is 5.33. The van der Waals surface area contributed by atoms with Crippen LogP contribution in [0, 0.1) is 0 Å². The molecule has 1 rings (SSSR count). The van der Waals surface area contributed by atoms with E-state index in [4.69, 9.17) is 4.74 Å². The zero-order chi connectivity index (χ0) is 12.7. The van der Waals surface area contributed by atoms with Crippen LogP contribution in [0.25, 0.3) is 0 Å². The molecule has 0 saturated carbocycles. The lowest BCUT2D eigenvalue weighted by Crippen LogP contribution is -2.23. The van der Waals surface area contributed by atoms with Crippen LogP contribution in [0.5, 0.6) is 5.88 Å². The predicted molar refractivity (Wildman–Crippen MR) is 69.5 cm³/mol. The first-order valence-electron chi connectivity index (χ1n) is 5.99. The first-order chi connectivity index (χ1) is 8.11. The quantitative estimate of drug-likeness (QED) is 0.782. The van der Waals surface area contributed by atoms with Crippen LogP contribution < -0.4 is 10.1 Å². The molecule has 96 valence electrons. The number of aromatic nitrogens is 2. The fourth-order valence-electron chi connectivity index (χ4n) is 1.38. The minimum Gasteiger partial charge on any atom is -0.478 e. The number of hydrogen-bond acceptors (Lipinski definition) is 5. The molecule has 1 unspecified atom stereocenters. The van der Waals surface area contributed by atoms with E-state index in [2.05, 4.69) is 41.2 Å². The molecule has 0 aliphatic rings. The molecule has 0 aliphatic heterocycles. The van der Waals surface area contributed by atoms with Crippen molar-refractivity contribution in [1.82, 2.24) is 14.9 Å². The summed E-state index contributed by atoms with van der Waals surface area (Å²) < 4.78 is 5.33. The Labute approximate surface area is 103 Å². The van der Waals surface area contributed by atoms with Gasteiger partial charge in [-0.25, -0.2) is 4.98 Å². The Morgan fingerprint density at radius 2 is 2.24 bits per heavy atom. The minimum atomic E-state index is 0.342. The van der Waals surface area contributed by atoms with E-state index < -0.39 is 0 Å². The molecular weight excluding hydrogens is 216 g/mol. The van der Waals surface area contributed by atoms with Crippen molar-refractivity contribution in [3.63, 3.8) is 0 Å². The standard InChI is InChI=1S/C12H22N4O/c1-5-17-11-6-8-13-12(15-11)14-10(2)7-9-16(3)4/h6,8,10H,5,7,9H2,1-4H3,(H,13,14,15). The molecule has 1 heterocycles. The average molecular weight is 238 g/mol. The molecule has 5 nitrogen and oxygen atoms in total. The topological polar surface area (TPSA) is 50.3 Å². The van der Waals surface area contributed by atoms with Crippen molar-refractivity contribution in [2.75, 3.05) is 32.6 Å². The second-order valence-electron chi connectivity index (χ2n) is 4.29. The molecule has 0 radical (unpaired) electrons. The van der Waals surface area contributed by atoms with Gasteiger partial charge in [0.1, 0.15) is 0 Å². The number of hydrogen-bond donors (Lipinski definition) is 1. The molecule has 1 N–H and O–H groups in total. The van der Waals surface area contributed by atoms with Crippen molar-refractivity contribution in [1.29, 1.82) is 0 Å². The Bertz CT molecular complexity index is 330. The highest BCUT2D eigenvalue weighted by molar-refractivity contribution is 5.28. The maximum Gasteiger partial charge on any atom is 0.226 e. The summed E-state index contributed by atoms with van der Waals surface area (Å²) in [5.74, 6) is 1.24. The summed E-state index contributed by atoms with van der Waals surface area (Å²) in [5, 5.41) is 3.27. The average Bonchev–Trinajstić information content (AvgIpc) is 2.27. The maximum atomic E-state index is 5.33. The minimum absolute atomic E-state index is 0.342. The molecule has 1 aromatic rings. The highest BCUT2D eigenvalue weighted by Crippen LogP contribution is 2.09. The molecule has 1 aromatic heterocycles. The monoisotopic (exact) mass is 238 g/mol. The molecule has 0 amide bonds. The van der Waals surface area contributed by atoms with Gasteiger partial charge < -0.3 is 15.0 Å². The third kappa shape index (κ3) is 5.49. The summed E-state index contributed by atoms with van der Waals surface area (Å²) in [6, 6.07) is 2.10. The highest BCUT2D eigenvalue weighted by atomic mass is 16.5.